The van der Waals surface area contributed by atoms with Gasteiger partial charge >= 0.3 is 0 Å². The van der Waals surface area contributed by atoms with Gasteiger partial charge in [-0.05, 0) is 53.0 Å². The molecular formula is C18H15BrN2O4. The zero-order chi connectivity index (χ0) is 18.1. The van der Waals surface area contributed by atoms with Crippen molar-refractivity contribution >= 4 is 44.2 Å². The minimum Gasteiger partial charge on any atom is -0.451 e. The molecule has 25 heavy (non-hydrogen) atoms. The van der Waals surface area contributed by atoms with Gasteiger partial charge in [0.1, 0.15) is 5.58 Å². The zero-order valence-electron chi connectivity index (χ0n) is 13.6. The second-order valence-corrected chi connectivity index (χ2v) is 6.47. The summed E-state index contributed by atoms with van der Waals surface area (Å²) in [5.41, 5.74) is 2.96. The van der Waals surface area contributed by atoms with Crippen LogP contribution in [0.15, 0.2) is 45.3 Å². The van der Waals surface area contributed by atoms with Crippen molar-refractivity contribution in [1.82, 2.24) is 0 Å². The van der Waals surface area contributed by atoms with Crippen LogP contribution in [-0.4, -0.2) is 10.8 Å². The van der Waals surface area contributed by atoms with E-state index in [9.17, 15) is 14.9 Å². The number of anilines is 1. The number of amides is 1. The maximum absolute atomic E-state index is 12.6. The molecule has 7 heteroatoms. The van der Waals surface area contributed by atoms with Gasteiger partial charge < -0.3 is 9.73 Å². The Bertz CT molecular complexity index is 994. The maximum Gasteiger partial charge on any atom is 0.291 e. The van der Waals surface area contributed by atoms with Crippen LogP contribution in [0.5, 0.6) is 0 Å². The Hall–Kier alpha value is -2.67. The number of non-ortho nitro benzene ring substituents is 1. The smallest absolute Gasteiger partial charge is 0.291 e. The molecule has 0 saturated heterocycles. The van der Waals surface area contributed by atoms with Crippen molar-refractivity contribution in [2.24, 2.45) is 0 Å². The molecule has 1 amide bonds. The van der Waals surface area contributed by atoms with Crippen LogP contribution >= 0.6 is 15.9 Å². The van der Waals surface area contributed by atoms with Gasteiger partial charge in [-0.25, -0.2) is 0 Å². The first-order valence-corrected chi connectivity index (χ1v) is 8.47. The normalized spacial score (nSPS) is 10.8. The van der Waals surface area contributed by atoms with Crippen LogP contribution in [0.3, 0.4) is 0 Å². The van der Waals surface area contributed by atoms with E-state index >= 15 is 0 Å². The fourth-order valence-electron chi connectivity index (χ4n) is 2.60. The van der Waals surface area contributed by atoms with Crippen LogP contribution in [0, 0.1) is 17.0 Å². The molecular weight excluding hydrogens is 388 g/mol. The monoisotopic (exact) mass is 402 g/mol. The molecule has 0 spiro atoms. The van der Waals surface area contributed by atoms with Crippen molar-refractivity contribution in [2.75, 3.05) is 5.32 Å². The van der Waals surface area contributed by atoms with Crippen LogP contribution in [0.25, 0.3) is 11.0 Å². The first-order chi connectivity index (χ1) is 11.9. The lowest BCUT2D eigenvalue weighted by atomic mass is 10.1. The summed E-state index contributed by atoms with van der Waals surface area (Å²) in [6, 6.07) is 10.0. The van der Waals surface area contributed by atoms with Gasteiger partial charge in [0.2, 0.25) is 0 Å². The fourth-order valence-corrected chi connectivity index (χ4v) is 3.07. The van der Waals surface area contributed by atoms with Crippen LogP contribution in [0.4, 0.5) is 11.4 Å². The first-order valence-electron chi connectivity index (χ1n) is 7.68. The molecule has 0 bridgehead atoms. The number of halogens is 1. The van der Waals surface area contributed by atoms with Crippen LogP contribution in [0.2, 0.25) is 0 Å². The van der Waals surface area contributed by atoms with Gasteiger partial charge in [0.15, 0.2) is 5.76 Å². The highest BCUT2D eigenvalue weighted by Gasteiger charge is 2.19. The van der Waals surface area contributed by atoms with Crippen molar-refractivity contribution < 1.29 is 14.1 Å². The molecule has 1 N–H and O–H groups in total. The van der Waals surface area contributed by atoms with Gasteiger partial charge in [-0.2, -0.15) is 0 Å². The third-order valence-electron chi connectivity index (χ3n) is 4.03. The van der Waals surface area contributed by atoms with E-state index in [1.54, 1.807) is 0 Å². The average Bonchev–Trinajstić information content (AvgIpc) is 2.92. The molecule has 0 aliphatic carbocycles. The topological polar surface area (TPSA) is 85.4 Å². The van der Waals surface area contributed by atoms with Crippen molar-refractivity contribution in [3.8, 4) is 0 Å². The SMILES string of the molecule is CCc1ccc2oc(C(=O)Nc3ccc([N+](=O)[O-])cc3Br)c(C)c2c1. The number of fused-ring (bicyclic) bond motifs is 1. The van der Waals surface area contributed by atoms with E-state index < -0.39 is 10.8 Å². The van der Waals surface area contributed by atoms with E-state index in [-0.39, 0.29) is 11.4 Å². The Kier molecular flexibility index (Phi) is 4.59. The number of nitrogens with one attached hydrogen (secondary N) is 1. The summed E-state index contributed by atoms with van der Waals surface area (Å²) in [5.74, 6) is -0.171. The molecule has 0 saturated carbocycles. The van der Waals surface area contributed by atoms with Gasteiger partial charge in [-0.1, -0.05) is 13.0 Å². The largest absolute Gasteiger partial charge is 0.451 e. The molecule has 3 aromatic rings. The number of rotatable bonds is 4. The zero-order valence-corrected chi connectivity index (χ0v) is 15.2. The number of benzene rings is 2. The molecule has 0 aliphatic rings. The Labute approximate surface area is 152 Å². The molecule has 0 fully saturated rings. The number of furan rings is 1. The molecule has 3 rings (SSSR count). The highest BCUT2D eigenvalue weighted by Crippen LogP contribution is 2.30. The number of nitro groups is 1. The number of hydrogen-bond donors (Lipinski definition) is 1. The molecule has 1 heterocycles. The highest BCUT2D eigenvalue weighted by atomic mass is 79.9. The summed E-state index contributed by atoms with van der Waals surface area (Å²) in [4.78, 5) is 22.9. The van der Waals surface area contributed by atoms with Crippen molar-refractivity contribution in [3.63, 3.8) is 0 Å². The molecule has 1 aromatic heterocycles. The summed E-state index contributed by atoms with van der Waals surface area (Å²) in [6.07, 6.45) is 0.901. The number of nitro benzene ring substituents is 1. The second kappa shape index (κ2) is 6.68. The number of carbonyl (C=O) groups excluding carboxylic acids is 1. The van der Waals surface area contributed by atoms with Gasteiger partial charge in [-0.3, -0.25) is 14.9 Å². The van der Waals surface area contributed by atoms with E-state index in [0.29, 0.717) is 15.7 Å². The number of nitrogens with zero attached hydrogens (tertiary/aromatic N) is 1. The predicted molar refractivity (Wildman–Crippen MR) is 99.1 cm³/mol. The summed E-state index contributed by atoms with van der Waals surface area (Å²) < 4.78 is 6.13. The maximum atomic E-state index is 12.6. The highest BCUT2D eigenvalue weighted by molar-refractivity contribution is 9.10. The molecule has 0 atom stereocenters. The van der Waals surface area contributed by atoms with Crippen LogP contribution in [0.1, 0.15) is 28.6 Å². The molecule has 0 radical (unpaired) electrons. The minimum absolute atomic E-state index is 0.0584. The molecule has 0 unspecified atom stereocenters. The third kappa shape index (κ3) is 3.28. The number of hydrogen-bond acceptors (Lipinski definition) is 4. The van der Waals surface area contributed by atoms with Crippen molar-refractivity contribution in [3.05, 3.63) is 67.9 Å². The van der Waals surface area contributed by atoms with E-state index in [0.717, 1.165) is 17.4 Å². The lowest BCUT2D eigenvalue weighted by Gasteiger charge is -2.06. The number of aryl methyl sites for hydroxylation is 2. The van der Waals surface area contributed by atoms with E-state index in [1.165, 1.54) is 23.8 Å². The average molecular weight is 403 g/mol. The standard InChI is InChI=1S/C18H15BrN2O4/c1-3-11-4-7-16-13(8-11)10(2)17(25-16)18(22)20-15-6-5-12(21(23)24)9-14(15)19/h4-9H,3H2,1-2H3,(H,20,22). The van der Waals surface area contributed by atoms with E-state index in [1.807, 2.05) is 25.1 Å². The quantitative estimate of drug-likeness (QED) is 0.478. The van der Waals surface area contributed by atoms with Crippen molar-refractivity contribution in [1.29, 1.82) is 0 Å². The predicted octanol–water partition coefficient (Wildman–Crippen LogP) is 5.23. The molecule has 128 valence electrons. The fraction of sp³-hybridized carbons (Fsp3) is 0.167. The third-order valence-corrected chi connectivity index (χ3v) is 4.68. The van der Waals surface area contributed by atoms with Gasteiger partial charge in [0.25, 0.3) is 11.6 Å². The van der Waals surface area contributed by atoms with Crippen LogP contribution < -0.4 is 5.32 Å². The summed E-state index contributed by atoms with van der Waals surface area (Å²) in [7, 11) is 0. The van der Waals surface area contributed by atoms with Gasteiger partial charge in [0, 0.05) is 27.6 Å². The molecule has 0 aliphatic heterocycles. The van der Waals surface area contributed by atoms with E-state index in [2.05, 4.69) is 28.2 Å². The number of carbonyl (C=O) groups is 1. The molecule has 6 nitrogen and oxygen atoms in total. The minimum atomic E-state index is -0.495. The second-order valence-electron chi connectivity index (χ2n) is 5.62. The lowest BCUT2D eigenvalue weighted by molar-refractivity contribution is -0.384. The van der Waals surface area contributed by atoms with Crippen LogP contribution in [-0.2, 0) is 6.42 Å². The van der Waals surface area contributed by atoms with Gasteiger partial charge in [-0.15, -0.1) is 0 Å². The summed E-state index contributed by atoms with van der Waals surface area (Å²) >= 11 is 3.24. The van der Waals surface area contributed by atoms with E-state index in [4.69, 9.17) is 4.42 Å². The Morgan fingerprint density at radius 2 is 2.04 bits per heavy atom. The Morgan fingerprint density at radius 3 is 2.68 bits per heavy atom. The first kappa shape index (κ1) is 17.2. The Balaban J connectivity index is 1.92. The summed E-state index contributed by atoms with van der Waals surface area (Å²) in [5, 5.41) is 14.4. The summed E-state index contributed by atoms with van der Waals surface area (Å²) in [6.45, 7) is 3.90. The molecule has 2 aromatic carbocycles. The lowest BCUT2D eigenvalue weighted by Crippen LogP contribution is -2.12. The van der Waals surface area contributed by atoms with Gasteiger partial charge in [0.05, 0.1) is 10.6 Å². The Morgan fingerprint density at radius 1 is 1.28 bits per heavy atom. The van der Waals surface area contributed by atoms with Crippen molar-refractivity contribution in [2.45, 2.75) is 20.3 Å².